The number of aromatic nitrogens is 4. The van der Waals surface area contributed by atoms with Crippen molar-refractivity contribution in [1.82, 2.24) is 25.0 Å². The highest BCUT2D eigenvalue weighted by Crippen LogP contribution is 2.24. The molecule has 8 heteroatoms. The van der Waals surface area contributed by atoms with E-state index in [9.17, 15) is 0 Å². The van der Waals surface area contributed by atoms with E-state index in [1.54, 1.807) is 6.33 Å². The number of anilines is 2. The molecular weight excluding hydrogens is 294 g/mol. The first kappa shape index (κ1) is 15.7. The number of hydrogen-bond donors (Lipinski definition) is 1. The number of hydrogen-bond acceptors (Lipinski definition) is 8. The van der Waals surface area contributed by atoms with Gasteiger partial charge in [0.1, 0.15) is 18.0 Å². The van der Waals surface area contributed by atoms with E-state index in [-0.39, 0.29) is 6.04 Å². The molecule has 1 atom stereocenters. The molecule has 1 N–H and O–H groups in total. The molecule has 2 aromatic heterocycles. The average Bonchev–Trinajstić information content (AvgIpc) is 3.09. The average molecular weight is 317 g/mol. The van der Waals surface area contributed by atoms with Gasteiger partial charge in [0.2, 0.25) is 5.89 Å². The van der Waals surface area contributed by atoms with Crippen LogP contribution in [-0.2, 0) is 0 Å². The Hall–Kier alpha value is -2.22. The Kier molecular flexibility index (Phi) is 4.71. The molecule has 23 heavy (non-hydrogen) atoms. The van der Waals surface area contributed by atoms with Crippen molar-refractivity contribution in [2.45, 2.75) is 31.8 Å². The maximum Gasteiger partial charge on any atom is 0.243 e. The van der Waals surface area contributed by atoms with E-state index >= 15 is 0 Å². The summed E-state index contributed by atoms with van der Waals surface area (Å²) < 4.78 is 5.17. The predicted molar refractivity (Wildman–Crippen MR) is 87.3 cm³/mol. The molecule has 0 aliphatic carbocycles. The number of nitrogens with zero attached hydrogens (tertiary/aromatic N) is 6. The quantitative estimate of drug-likeness (QED) is 0.889. The van der Waals surface area contributed by atoms with E-state index in [1.807, 2.05) is 25.1 Å². The van der Waals surface area contributed by atoms with Gasteiger partial charge < -0.3 is 14.7 Å². The van der Waals surface area contributed by atoms with Crippen molar-refractivity contribution < 1.29 is 4.52 Å². The molecule has 1 aliphatic heterocycles. The van der Waals surface area contributed by atoms with Gasteiger partial charge in [-0.3, -0.25) is 4.90 Å². The van der Waals surface area contributed by atoms with Crippen LogP contribution in [0.25, 0.3) is 0 Å². The van der Waals surface area contributed by atoms with Gasteiger partial charge >= 0.3 is 0 Å². The minimum atomic E-state index is 0.165. The maximum atomic E-state index is 5.17. The van der Waals surface area contributed by atoms with E-state index in [0.29, 0.717) is 11.9 Å². The smallest absolute Gasteiger partial charge is 0.243 e. The second kappa shape index (κ2) is 6.91. The first-order valence-electron chi connectivity index (χ1n) is 7.90. The molecule has 0 spiro atoms. The zero-order chi connectivity index (χ0) is 16.2. The van der Waals surface area contributed by atoms with E-state index in [4.69, 9.17) is 4.52 Å². The Morgan fingerprint density at radius 2 is 2.00 bits per heavy atom. The van der Waals surface area contributed by atoms with Crippen LogP contribution < -0.4 is 10.2 Å². The fourth-order valence-electron chi connectivity index (χ4n) is 2.83. The largest absolute Gasteiger partial charge is 0.367 e. The molecule has 1 aliphatic rings. The van der Waals surface area contributed by atoms with Gasteiger partial charge in [-0.1, -0.05) is 5.16 Å². The normalized spacial score (nSPS) is 17.9. The van der Waals surface area contributed by atoms with Gasteiger partial charge in [-0.25, -0.2) is 9.97 Å². The third-order valence-electron chi connectivity index (χ3n) is 4.28. The Bertz CT molecular complexity index is 608. The van der Waals surface area contributed by atoms with Crippen LogP contribution in [0.5, 0.6) is 0 Å². The standard InChI is InChI=1S/C15H23N7O/c1-11(15-18-10-19-23-15)22-6-4-12(5-7-22)20-13-8-14(21(2)3)17-9-16-13/h8-12H,4-7H2,1-3H3,(H,16,17,20). The second-order valence-corrected chi connectivity index (χ2v) is 6.07. The molecule has 1 unspecified atom stereocenters. The van der Waals surface area contributed by atoms with Crippen LogP contribution in [0.4, 0.5) is 11.6 Å². The molecule has 8 nitrogen and oxygen atoms in total. The van der Waals surface area contributed by atoms with Crippen molar-refractivity contribution in [2.75, 3.05) is 37.4 Å². The Morgan fingerprint density at radius 1 is 1.22 bits per heavy atom. The summed E-state index contributed by atoms with van der Waals surface area (Å²) in [5.41, 5.74) is 0. The molecule has 3 heterocycles. The van der Waals surface area contributed by atoms with Gasteiger partial charge in [-0.2, -0.15) is 4.98 Å². The van der Waals surface area contributed by atoms with Crippen LogP contribution in [0.15, 0.2) is 23.2 Å². The van der Waals surface area contributed by atoms with Gasteiger partial charge in [0.05, 0.1) is 6.04 Å². The predicted octanol–water partition coefficient (Wildman–Crippen LogP) is 1.56. The van der Waals surface area contributed by atoms with Crippen LogP contribution in [0.3, 0.4) is 0 Å². The lowest BCUT2D eigenvalue weighted by Gasteiger charge is -2.35. The Labute approximate surface area is 135 Å². The summed E-state index contributed by atoms with van der Waals surface area (Å²) in [4.78, 5) is 17.0. The fraction of sp³-hybridized carbons (Fsp3) is 0.600. The molecule has 1 saturated heterocycles. The van der Waals surface area contributed by atoms with Crippen LogP contribution in [0.1, 0.15) is 31.7 Å². The molecule has 1 fully saturated rings. The van der Waals surface area contributed by atoms with Crippen LogP contribution in [-0.4, -0.2) is 58.2 Å². The lowest BCUT2D eigenvalue weighted by Crippen LogP contribution is -2.40. The first-order valence-corrected chi connectivity index (χ1v) is 7.90. The molecule has 0 bridgehead atoms. The summed E-state index contributed by atoms with van der Waals surface area (Å²) >= 11 is 0. The van der Waals surface area contributed by atoms with E-state index < -0.39 is 0 Å². The Morgan fingerprint density at radius 3 is 2.65 bits per heavy atom. The summed E-state index contributed by atoms with van der Waals surface area (Å²) in [5.74, 6) is 2.47. The van der Waals surface area contributed by atoms with Crippen molar-refractivity contribution >= 4 is 11.6 Å². The molecular formula is C15H23N7O. The van der Waals surface area contributed by atoms with Crippen molar-refractivity contribution in [3.63, 3.8) is 0 Å². The minimum Gasteiger partial charge on any atom is -0.367 e. The zero-order valence-corrected chi connectivity index (χ0v) is 13.8. The van der Waals surface area contributed by atoms with Gasteiger partial charge in [0.25, 0.3) is 0 Å². The van der Waals surface area contributed by atoms with Gasteiger partial charge in [0, 0.05) is 39.3 Å². The van der Waals surface area contributed by atoms with Crippen molar-refractivity contribution in [3.8, 4) is 0 Å². The lowest BCUT2D eigenvalue weighted by molar-refractivity contribution is 0.140. The van der Waals surface area contributed by atoms with Crippen molar-refractivity contribution in [3.05, 3.63) is 24.6 Å². The van der Waals surface area contributed by atoms with Crippen LogP contribution in [0.2, 0.25) is 0 Å². The molecule has 0 amide bonds. The first-order chi connectivity index (χ1) is 11.1. The third-order valence-corrected chi connectivity index (χ3v) is 4.28. The zero-order valence-electron chi connectivity index (χ0n) is 13.8. The topological polar surface area (TPSA) is 83.2 Å². The lowest BCUT2D eigenvalue weighted by atomic mass is 10.0. The van der Waals surface area contributed by atoms with E-state index in [0.717, 1.165) is 37.6 Å². The van der Waals surface area contributed by atoms with E-state index in [1.165, 1.54) is 6.33 Å². The van der Waals surface area contributed by atoms with Crippen LogP contribution >= 0.6 is 0 Å². The molecule has 2 aromatic rings. The molecule has 124 valence electrons. The summed E-state index contributed by atoms with van der Waals surface area (Å²) in [6, 6.07) is 2.57. The molecule has 0 saturated carbocycles. The SMILES string of the molecule is CC(c1ncno1)N1CCC(Nc2cc(N(C)C)ncn2)CC1. The highest BCUT2D eigenvalue weighted by atomic mass is 16.5. The number of likely N-dealkylation sites (tertiary alicyclic amines) is 1. The van der Waals surface area contributed by atoms with Gasteiger partial charge in [-0.05, 0) is 19.8 Å². The number of nitrogens with one attached hydrogen (secondary N) is 1. The molecule has 0 radical (unpaired) electrons. The number of rotatable bonds is 5. The highest BCUT2D eigenvalue weighted by Gasteiger charge is 2.26. The number of piperidine rings is 1. The minimum absolute atomic E-state index is 0.165. The monoisotopic (exact) mass is 317 g/mol. The summed E-state index contributed by atoms with van der Waals surface area (Å²) in [6.07, 6.45) is 5.17. The maximum absolute atomic E-state index is 5.17. The third kappa shape index (κ3) is 3.76. The molecule has 3 rings (SSSR count). The summed E-state index contributed by atoms with van der Waals surface area (Å²) in [7, 11) is 3.95. The Balaban J connectivity index is 1.54. The van der Waals surface area contributed by atoms with Gasteiger partial charge in [0.15, 0.2) is 6.33 Å². The highest BCUT2D eigenvalue weighted by molar-refractivity contribution is 5.47. The van der Waals surface area contributed by atoms with Crippen molar-refractivity contribution in [1.29, 1.82) is 0 Å². The van der Waals surface area contributed by atoms with E-state index in [2.05, 4.69) is 37.2 Å². The fourth-order valence-corrected chi connectivity index (χ4v) is 2.83. The van der Waals surface area contributed by atoms with Crippen molar-refractivity contribution in [2.24, 2.45) is 0 Å². The van der Waals surface area contributed by atoms with Crippen LogP contribution in [0, 0.1) is 0 Å². The summed E-state index contributed by atoms with van der Waals surface area (Å²) in [6.45, 7) is 4.09. The van der Waals surface area contributed by atoms with Gasteiger partial charge in [-0.15, -0.1) is 0 Å². The molecule has 0 aromatic carbocycles. The summed E-state index contributed by atoms with van der Waals surface area (Å²) in [5, 5.41) is 7.20. The second-order valence-electron chi connectivity index (χ2n) is 6.07.